The molecule has 1 atom stereocenters. The average Bonchev–Trinajstić information content (AvgIpc) is 2.49. The summed E-state index contributed by atoms with van der Waals surface area (Å²) >= 11 is 0. The van der Waals surface area contributed by atoms with Crippen LogP contribution in [0.25, 0.3) is 0 Å². The predicted octanol–water partition coefficient (Wildman–Crippen LogP) is 6.88. The number of methoxy groups -OCH3 is 1. The molecule has 0 aliphatic rings. The molecule has 0 saturated carbocycles. The van der Waals surface area contributed by atoms with Gasteiger partial charge in [-0.2, -0.15) is 8.42 Å². The maximum Gasteiger partial charge on any atom is 0.298 e. The fourth-order valence-corrected chi connectivity index (χ4v) is 7.18. The molecule has 0 bridgehead atoms. The molecular weight excluding hydrogens is 412 g/mol. The highest BCUT2D eigenvalue weighted by atomic mass is 32.2. The minimum atomic E-state index is -4.66. The molecule has 6 heteroatoms. The van der Waals surface area contributed by atoms with Crippen LogP contribution in [0.5, 0.6) is 11.5 Å². The zero-order chi connectivity index (χ0) is 24.7. The maximum absolute atomic E-state index is 12.7. The van der Waals surface area contributed by atoms with Crippen molar-refractivity contribution in [1.82, 2.24) is 0 Å². The second kappa shape index (κ2) is 8.93. The Hall–Kier alpha value is -1.27. The SMILES string of the molecule is COc1c(O)c(C)c(C)c(C(C(C)(C)CC(C)C)C(C)(C)CC(C)(C)C)c1S(=O)(=O)O. The van der Waals surface area contributed by atoms with Gasteiger partial charge in [-0.25, -0.2) is 0 Å². The van der Waals surface area contributed by atoms with Crippen molar-refractivity contribution in [3.05, 3.63) is 16.7 Å². The highest BCUT2D eigenvalue weighted by molar-refractivity contribution is 7.86. The van der Waals surface area contributed by atoms with E-state index in [4.69, 9.17) is 4.74 Å². The largest absolute Gasteiger partial charge is 0.504 e. The molecule has 0 saturated heterocycles. The fraction of sp³-hybridized carbons (Fsp3) is 0.760. The number of aromatic hydroxyl groups is 1. The van der Waals surface area contributed by atoms with Crippen LogP contribution in [0.2, 0.25) is 0 Å². The molecule has 2 N–H and O–H groups in total. The molecule has 0 amide bonds. The van der Waals surface area contributed by atoms with Crippen LogP contribution in [0.1, 0.15) is 97.8 Å². The van der Waals surface area contributed by atoms with Crippen molar-refractivity contribution >= 4 is 10.1 Å². The first-order valence-electron chi connectivity index (χ1n) is 11.0. The fourth-order valence-electron chi connectivity index (χ4n) is 6.22. The second-order valence-corrected chi connectivity index (χ2v) is 13.5. The number of phenols is 1. The Balaban J connectivity index is 4.21. The van der Waals surface area contributed by atoms with E-state index in [0.29, 0.717) is 22.6 Å². The van der Waals surface area contributed by atoms with Gasteiger partial charge in [-0.1, -0.05) is 62.3 Å². The van der Waals surface area contributed by atoms with E-state index >= 15 is 0 Å². The molecular formula is C25H44O5S. The van der Waals surface area contributed by atoms with Crippen LogP contribution < -0.4 is 4.74 Å². The van der Waals surface area contributed by atoms with Gasteiger partial charge in [0.2, 0.25) is 0 Å². The molecule has 0 aliphatic carbocycles. The first-order chi connectivity index (χ1) is 13.7. The smallest absolute Gasteiger partial charge is 0.298 e. The second-order valence-electron chi connectivity index (χ2n) is 12.1. The normalized spacial score (nSPS) is 14.8. The van der Waals surface area contributed by atoms with E-state index in [0.717, 1.165) is 12.8 Å². The molecule has 0 heterocycles. The first-order valence-corrected chi connectivity index (χ1v) is 12.5. The minimum Gasteiger partial charge on any atom is -0.504 e. The monoisotopic (exact) mass is 456 g/mol. The van der Waals surface area contributed by atoms with Gasteiger partial charge >= 0.3 is 0 Å². The summed E-state index contributed by atoms with van der Waals surface area (Å²) in [5, 5.41) is 10.7. The Kier molecular flexibility index (Phi) is 8.00. The standard InChI is InChI=1S/C25H44O5S/c1-15(2)13-24(8,9)22(25(10,11)14-23(5,6)7)18-16(3)17(4)19(26)20(30-12)21(18)31(27,28)29/h15,22,26H,13-14H2,1-12H3,(H,27,28,29). The third-order valence-corrected chi connectivity index (χ3v) is 7.14. The zero-order valence-corrected chi connectivity index (χ0v) is 22.4. The summed E-state index contributed by atoms with van der Waals surface area (Å²) in [5.74, 6) is -0.243. The number of hydrogen-bond acceptors (Lipinski definition) is 4. The van der Waals surface area contributed by atoms with E-state index in [1.165, 1.54) is 7.11 Å². The van der Waals surface area contributed by atoms with Gasteiger partial charge in [0.15, 0.2) is 11.5 Å². The summed E-state index contributed by atoms with van der Waals surface area (Å²) in [6, 6.07) is 0. The topological polar surface area (TPSA) is 83.8 Å². The number of rotatable bonds is 8. The number of ether oxygens (including phenoxy) is 1. The van der Waals surface area contributed by atoms with Crippen LogP contribution in [0.4, 0.5) is 0 Å². The lowest BCUT2D eigenvalue weighted by Gasteiger charge is -2.49. The van der Waals surface area contributed by atoms with Crippen molar-refractivity contribution < 1.29 is 22.8 Å². The van der Waals surface area contributed by atoms with Crippen molar-refractivity contribution in [3.8, 4) is 11.5 Å². The van der Waals surface area contributed by atoms with Crippen LogP contribution in [0, 0.1) is 36.0 Å². The van der Waals surface area contributed by atoms with Crippen molar-refractivity contribution in [2.24, 2.45) is 22.2 Å². The van der Waals surface area contributed by atoms with E-state index in [1.807, 2.05) is 6.92 Å². The molecule has 1 rings (SSSR count). The summed E-state index contributed by atoms with van der Waals surface area (Å²) in [6.07, 6.45) is 1.72. The average molecular weight is 457 g/mol. The summed E-state index contributed by atoms with van der Waals surface area (Å²) < 4.78 is 41.0. The Morgan fingerprint density at radius 2 is 1.42 bits per heavy atom. The van der Waals surface area contributed by atoms with Gasteiger partial charge in [0.25, 0.3) is 10.1 Å². The summed E-state index contributed by atoms with van der Waals surface area (Å²) in [7, 11) is -3.34. The highest BCUT2D eigenvalue weighted by Crippen LogP contribution is 2.58. The zero-order valence-electron chi connectivity index (χ0n) is 21.6. The lowest BCUT2D eigenvalue weighted by Crippen LogP contribution is -2.39. The van der Waals surface area contributed by atoms with Crippen LogP contribution in [-0.2, 0) is 10.1 Å². The van der Waals surface area contributed by atoms with E-state index in [-0.39, 0.29) is 38.6 Å². The van der Waals surface area contributed by atoms with Gasteiger partial charge in [-0.05, 0) is 71.5 Å². The van der Waals surface area contributed by atoms with E-state index in [1.54, 1.807) is 6.92 Å². The van der Waals surface area contributed by atoms with Gasteiger partial charge < -0.3 is 9.84 Å². The van der Waals surface area contributed by atoms with E-state index in [2.05, 4.69) is 62.3 Å². The molecule has 0 aliphatic heterocycles. The molecule has 1 unspecified atom stereocenters. The highest BCUT2D eigenvalue weighted by Gasteiger charge is 2.47. The van der Waals surface area contributed by atoms with Crippen molar-refractivity contribution in [1.29, 1.82) is 0 Å². The van der Waals surface area contributed by atoms with E-state index in [9.17, 15) is 18.1 Å². The van der Waals surface area contributed by atoms with Crippen molar-refractivity contribution in [2.45, 2.75) is 99.8 Å². The Bertz CT molecular complexity index is 903. The van der Waals surface area contributed by atoms with Crippen LogP contribution in [-0.4, -0.2) is 25.2 Å². The number of benzene rings is 1. The van der Waals surface area contributed by atoms with E-state index < -0.39 is 10.1 Å². The first kappa shape index (κ1) is 27.8. The lowest BCUT2D eigenvalue weighted by molar-refractivity contribution is 0.0764. The van der Waals surface area contributed by atoms with Crippen LogP contribution in [0.3, 0.4) is 0 Å². The number of phenolic OH excluding ortho intramolecular Hbond substituents is 1. The van der Waals surface area contributed by atoms with Crippen LogP contribution >= 0.6 is 0 Å². The predicted molar refractivity (Wildman–Crippen MR) is 128 cm³/mol. The van der Waals surface area contributed by atoms with Crippen LogP contribution in [0.15, 0.2) is 4.90 Å². The molecule has 0 fully saturated rings. The molecule has 5 nitrogen and oxygen atoms in total. The molecule has 0 radical (unpaired) electrons. The maximum atomic E-state index is 12.7. The summed E-state index contributed by atoms with van der Waals surface area (Å²) in [5.41, 5.74) is 1.20. The van der Waals surface area contributed by atoms with Gasteiger partial charge in [-0.3, -0.25) is 4.55 Å². The van der Waals surface area contributed by atoms with Gasteiger partial charge in [0, 0.05) is 0 Å². The molecule has 180 valence electrons. The quantitative estimate of drug-likeness (QED) is 0.416. The van der Waals surface area contributed by atoms with Gasteiger partial charge in [-0.15, -0.1) is 0 Å². The molecule has 1 aromatic carbocycles. The number of hydrogen-bond donors (Lipinski definition) is 2. The molecule has 31 heavy (non-hydrogen) atoms. The summed E-state index contributed by atoms with van der Waals surface area (Å²) in [4.78, 5) is -0.306. The summed E-state index contributed by atoms with van der Waals surface area (Å²) in [6.45, 7) is 23.1. The van der Waals surface area contributed by atoms with Crippen molar-refractivity contribution in [2.75, 3.05) is 7.11 Å². The van der Waals surface area contributed by atoms with Crippen molar-refractivity contribution in [3.63, 3.8) is 0 Å². The van der Waals surface area contributed by atoms with Gasteiger partial charge in [0.05, 0.1) is 7.11 Å². The lowest BCUT2D eigenvalue weighted by atomic mass is 9.56. The molecule has 0 aromatic heterocycles. The third-order valence-electron chi connectivity index (χ3n) is 6.22. The minimum absolute atomic E-state index is 0.0118. The Morgan fingerprint density at radius 3 is 1.77 bits per heavy atom. The molecule has 1 aromatic rings. The Morgan fingerprint density at radius 1 is 0.935 bits per heavy atom. The third kappa shape index (κ3) is 6.16. The molecule has 0 spiro atoms. The van der Waals surface area contributed by atoms with Gasteiger partial charge in [0.1, 0.15) is 4.90 Å². The Labute approximate surface area is 190 Å².